The Balaban J connectivity index is 2.05. The second-order valence-corrected chi connectivity index (χ2v) is 6.19. The number of nitrogens with one attached hydrogen (secondary N) is 1. The third-order valence-corrected chi connectivity index (χ3v) is 4.35. The van der Waals surface area contributed by atoms with Crippen LogP contribution in [0.4, 0.5) is 0 Å². The first-order valence-corrected chi connectivity index (χ1v) is 8.05. The molecule has 1 aliphatic rings. The third kappa shape index (κ3) is 4.27. The SMILES string of the molecule is CCC1CCNC(C(=O)N(Cc2ccccn2)C(C)C)C1. The molecule has 1 saturated heterocycles. The van der Waals surface area contributed by atoms with Crippen LogP contribution < -0.4 is 5.32 Å². The summed E-state index contributed by atoms with van der Waals surface area (Å²) in [5.41, 5.74) is 0.947. The molecule has 1 amide bonds. The molecule has 4 heteroatoms. The average Bonchev–Trinajstić information content (AvgIpc) is 2.52. The number of carbonyl (C=O) groups is 1. The Morgan fingerprint density at radius 1 is 1.48 bits per heavy atom. The molecule has 1 aliphatic heterocycles. The molecule has 116 valence electrons. The zero-order valence-electron chi connectivity index (χ0n) is 13.4. The monoisotopic (exact) mass is 289 g/mol. The van der Waals surface area contributed by atoms with E-state index in [4.69, 9.17) is 0 Å². The van der Waals surface area contributed by atoms with Gasteiger partial charge < -0.3 is 10.2 Å². The van der Waals surface area contributed by atoms with Gasteiger partial charge in [-0.2, -0.15) is 0 Å². The fraction of sp³-hybridized carbons (Fsp3) is 0.647. The van der Waals surface area contributed by atoms with Gasteiger partial charge in [0.25, 0.3) is 0 Å². The van der Waals surface area contributed by atoms with Gasteiger partial charge in [-0.1, -0.05) is 19.4 Å². The molecule has 4 nitrogen and oxygen atoms in total. The summed E-state index contributed by atoms with van der Waals surface area (Å²) < 4.78 is 0. The van der Waals surface area contributed by atoms with Gasteiger partial charge in [-0.15, -0.1) is 0 Å². The van der Waals surface area contributed by atoms with Crippen LogP contribution in [0.5, 0.6) is 0 Å². The predicted octanol–water partition coefficient (Wildman–Crippen LogP) is 2.60. The highest BCUT2D eigenvalue weighted by Gasteiger charge is 2.30. The van der Waals surface area contributed by atoms with E-state index < -0.39 is 0 Å². The zero-order chi connectivity index (χ0) is 15.2. The van der Waals surface area contributed by atoms with Gasteiger partial charge in [0.2, 0.25) is 5.91 Å². The third-order valence-electron chi connectivity index (χ3n) is 4.35. The van der Waals surface area contributed by atoms with Gasteiger partial charge in [-0.3, -0.25) is 9.78 Å². The number of nitrogens with zero attached hydrogens (tertiary/aromatic N) is 2. The summed E-state index contributed by atoms with van der Waals surface area (Å²) in [5, 5.41) is 3.39. The molecule has 0 spiro atoms. The molecule has 1 fully saturated rings. The second-order valence-electron chi connectivity index (χ2n) is 6.19. The van der Waals surface area contributed by atoms with Crippen molar-refractivity contribution >= 4 is 5.91 Å². The lowest BCUT2D eigenvalue weighted by atomic mass is 9.89. The Labute approximate surface area is 127 Å². The van der Waals surface area contributed by atoms with E-state index in [-0.39, 0.29) is 18.0 Å². The minimum atomic E-state index is -0.0326. The van der Waals surface area contributed by atoms with Crippen molar-refractivity contribution in [2.75, 3.05) is 6.54 Å². The van der Waals surface area contributed by atoms with Crippen molar-refractivity contribution in [3.63, 3.8) is 0 Å². The molecule has 2 atom stereocenters. The van der Waals surface area contributed by atoms with Crippen LogP contribution in [0.25, 0.3) is 0 Å². The Bertz CT molecular complexity index is 447. The van der Waals surface area contributed by atoms with Crippen LogP contribution >= 0.6 is 0 Å². The number of hydrogen-bond donors (Lipinski definition) is 1. The molecule has 1 aromatic rings. The van der Waals surface area contributed by atoms with Crippen LogP contribution in [0.2, 0.25) is 0 Å². The molecular formula is C17H27N3O. The average molecular weight is 289 g/mol. The summed E-state index contributed by atoms with van der Waals surface area (Å²) in [7, 11) is 0. The Morgan fingerprint density at radius 3 is 2.90 bits per heavy atom. The van der Waals surface area contributed by atoms with Gasteiger partial charge in [-0.05, 0) is 51.3 Å². The predicted molar refractivity (Wildman–Crippen MR) is 84.7 cm³/mol. The summed E-state index contributed by atoms with van der Waals surface area (Å²) in [5.74, 6) is 0.887. The number of amides is 1. The quantitative estimate of drug-likeness (QED) is 0.906. The van der Waals surface area contributed by atoms with Crippen molar-refractivity contribution < 1.29 is 4.79 Å². The number of pyridine rings is 1. The van der Waals surface area contributed by atoms with Crippen LogP contribution in [0, 0.1) is 5.92 Å². The first-order valence-electron chi connectivity index (χ1n) is 8.05. The lowest BCUT2D eigenvalue weighted by molar-refractivity contribution is -0.137. The molecule has 2 heterocycles. The minimum absolute atomic E-state index is 0.0326. The maximum atomic E-state index is 12.8. The van der Waals surface area contributed by atoms with Crippen LogP contribution in [-0.2, 0) is 11.3 Å². The van der Waals surface area contributed by atoms with Crippen molar-refractivity contribution in [1.82, 2.24) is 15.2 Å². The lowest BCUT2D eigenvalue weighted by Crippen LogP contribution is -2.51. The number of hydrogen-bond acceptors (Lipinski definition) is 3. The highest BCUT2D eigenvalue weighted by Crippen LogP contribution is 2.21. The van der Waals surface area contributed by atoms with E-state index in [1.54, 1.807) is 6.20 Å². The van der Waals surface area contributed by atoms with E-state index in [0.29, 0.717) is 12.5 Å². The van der Waals surface area contributed by atoms with Crippen molar-refractivity contribution in [1.29, 1.82) is 0 Å². The van der Waals surface area contributed by atoms with E-state index in [2.05, 4.69) is 31.1 Å². The largest absolute Gasteiger partial charge is 0.333 e. The number of rotatable bonds is 5. The number of piperidine rings is 1. The smallest absolute Gasteiger partial charge is 0.240 e. The van der Waals surface area contributed by atoms with Gasteiger partial charge in [0.05, 0.1) is 18.3 Å². The van der Waals surface area contributed by atoms with Crippen molar-refractivity contribution in [2.24, 2.45) is 5.92 Å². The molecular weight excluding hydrogens is 262 g/mol. The van der Waals surface area contributed by atoms with E-state index in [0.717, 1.165) is 25.1 Å². The van der Waals surface area contributed by atoms with Gasteiger partial charge >= 0.3 is 0 Å². The zero-order valence-corrected chi connectivity index (χ0v) is 13.4. The molecule has 1 N–H and O–H groups in total. The fourth-order valence-electron chi connectivity index (χ4n) is 2.94. The van der Waals surface area contributed by atoms with Gasteiger partial charge in [0, 0.05) is 12.2 Å². The summed E-state index contributed by atoms with van der Waals surface area (Å²) in [6, 6.07) is 6.00. The van der Waals surface area contributed by atoms with Crippen molar-refractivity contribution in [3.05, 3.63) is 30.1 Å². The topological polar surface area (TPSA) is 45.2 Å². The van der Waals surface area contributed by atoms with E-state index in [9.17, 15) is 4.79 Å². The van der Waals surface area contributed by atoms with Crippen LogP contribution in [0.1, 0.15) is 45.7 Å². The number of carbonyl (C=O) groups excluding carboxylic acids is 1. The molecule has 0 aliphatic carbocycles. The van der Waals surface area contributed by atoms with Crippen molar-refractivity contribution in [2.45, 2.75) is 58.7 Å². The van der Waals surface area contributed by atoms with Gasteiger partial charge in [-0.25, -0.2) is 0 Å². The molecule has 0 saturated carbocycles. The first-order chi connectivity index (χ1) is 10.1. The van der Waals surface area contributed by atoms with Crippen LogP contribution in [0.3, 0.4) is 0 Å². The van der Waals surface area contributed by atoms with E-state index in [1.807, 2.05) is 23.1 Å². The molecule has 0 aromatic carbocycles. The molecule has 1 aromatic heterocycles. The first kappa shape index (κ1) is 16.0. The summed E-state index contributed by atoms with van der Waals surface area (Å²) in [6.07, 6.45) is 5.08. The minimum Gasteiger partial charge on any atom is -0.333 e. The molecule has 2 rings (SSSR count). The Kier molecular flexibility index (Phi) is 5.74. The van der Waals surface area contributed by atoms with Crippen LogP contribution in [-0.4, -0.2) is 34.4 Å². The summed E-state index contributed by atoms with van der Waals surface area (Å²) in [6.45, 7) is 7.89. The fourth-order valence-corrected chi connectivity index (χ4v) is 2.94. The van der Waals surface area contributed by atoms with E-state index >= 15 is 0 Å². The molecule has 21 heavy (non-hydrogen) atoms. The van der Waals surface area contributed by atoms with Gasteiger partial charge in [0.15, 0.2) is 0 Å². The molecule has 2 unspecified atom stereocenters. The Hall–Kier alpha value is -1.42. The van der Waals surface area contributed by atoms with Crippen LogP contribution in [0.15, 0.2) is 24.4 Å². The highest BCUT2D eigenvalue weighted by molar-refractivity contribution is 5.82. The van der Waals surface area contributed by atoms with Crippen molar-refractivity contribution in [3.8, 4) is 0 Å². The Morgan fingerprint density at radius 2 is 2.29 bits per heavy atom. The van der Waals surface area contributed by atoms with Gasteiger partial charge in [0.1, 0.15) is 0 Å². The second kappa shape index (κ2) is 7.55. The maximum Gasteiger partial charge on any atom is 0.240 e. The summed E-state index contributed by atoms with van der Waals surface area (Å²) in [4.78, 5) is 19.1. The molecule has 0 bridgehead atoms. The summed E-state index contributed by atoms with van der Waals surface area (Å²) >= 11 is 0. The standard InChI is InChI=1S/C17H27N3O/c1-4-14-8-10-19-16(11-14)17(21)20(13(2)3)12-15-7-5-6-9-18-15/h5-7,9,13-14,16,19H,4,8,10-12H2,1-3H3. The lowest BCUT2D eigenvalue weighted by Gasteiger charge is -2.35. The highest BCUT2D eigenvalue weighted by atomic mass is 16.2. The maximum absolute atomic E-state index is 12.8. The van der Waals surface area contributed by atoms with E-state index in [1.165, 1.54) is 6.42 Å². The normalized spacial score (nSPS) is 22.3. The molecule has 0 radical (unpaired) electrons. The number of aromatic nitrogens is 1.